The van der Waals surface area contributed by atoms with Gasteiger partial charge in [-0.2, -0.15) is 0 Å². The molecule has 0 saturated heterocycles. The molecule has 0 radical (unpaired) electrons. The average molecular weight is 398 g/mol. The van der Waals surface area contributed by atoms with E-state index in [1.54, 1.807) is 18.5 Å². The van der Waals surface area contributed by atoms with E-state index in [-0.39, 0.29) is 17.4 Å². The second-order valence-corrected chi connectivity index (χ2v) is 8.74. The summed E-state index contributed by atoms with van der Waals surface area (Å²) in [6.45, 7) is 0. The molecule has 5 rings (SSSR count). The number of anilines is 1. The molecule has 2 aromatic heterocycles. The Morgan fingerprint density at radius 3 is 2.74 bits per heavy atom. The summed E-state index contributed by atoms with van der Waals surface area (Å²) in [5.74, 6) is -0.260. The molecule has 1 aliphatic carbocycles. The first kappa shape index (κ1) is 16.8. The fraction of sp³-hybridized carbons (Fsp3) is 0.200. The summed E-state index contributed by atoms with van der Waals surface area (Å²) >= 11 is 2.97. The van der Waals surface area contributed by atoms with Crippen LogP contribution in [0, 0.1) is 5.82 Å². The van der Waals surface area contributed by atoms with Crippen LogP contribution in [0.4, 0.5) is 10.1 Å². The van der Waals surface area contributed by atoms with E-state index in [1.807, 2.05) is 34.7 Å². The lowest BCUT2D eigenvalue weighted by atomic mass is 10.3. The predicted molar refractivity (Wildman–Crippen MR) is 108 cm³/mol. The highest BCUT2D eigenvalue weighted by Crippen LogP contribution is 2.45. The van der Waals surface area contributed by atoms with Gasteiger partial charge in [0.25, 0.3) is 5.56 Å². The van der Waals surface area contributed by atoms with Crippen molar-refractivity contribution in [2.24, 2.45) is 0 Å². The maximum atomic E-state index is 13.6. The number of hydrogen-bond acceptors (Lipinski definition) is 5. The van der Waals surface area contributed by atoms with Crippen molar-refractivity contribution in [1.29, 1.82) is 0 Å². The number of fused-ring (bicyclic) bond motifs is 1. The molecule has 0 bridgehead atoms. The topological polar surface area (TPSA) is 38.1 Å². The Morgan fingerprint density at radius 1 is 1.22 bits per heavy atom. The third-order valence-corrected chi connectivity index (χ3v) is 7.20. The number of halogens is 1. The van der Waals surface area contributed by atoms with Gasteiger partial charge in [0.1, 0.15) is 15.4 Å². The number of aromatic nitrogens is 2. The third-order valence-electron chi connectivity index (χ3n) is 4.75. The van der Waals surface area contributed by atoms with Gasteiger partial charge in [0.15, 0.2) is 0 Å². The zero-order chi connectivity index (χ0) is 18.5. The van der Waals surface area contributed by atoms with Gasteiger partial charge in [0.05, 0.1) is 10.4 Å². The number of nitrogens with zero attached hydrogens (tertiary/aromatic N) is 3. The quantitative estimate of drug-likeness (QED) is 0.667. The second-order valence-electron chi connectivity index (χ2n) is 6.68. The Hall–Kier alpha value is -2.38. The normalized spacial score (nSPS) is 18.9. The van der Waals surface area contributed by atoms with Crippen molar-refractivity contribution in [3.05, 3.63) is 73.7 Å². The number of hydrogen-bond donors (Lipinski definition) is 0. The number of pyridine rings is 1. The van der Waals surface area contributed by atoms with E-state index in [9.17, 15) is 9.18 Å². The van der Waals surface area contributed by atoms with Gasteiger partial charge in [0.2, 0.25) is 0 Å². The number of benzene rings is 1. The number of rotatable bonds is 2. The van der Waals surface area contributed by atoms with Crippen molar-refractivity contribution in [3.8, 4) is 0 Å². The molecule has 136 valence electrons. The molecule has 1 aliphatic heterocycles. The lowest BCUT2D eigenvalue weighted by Crippen LogP contribution is -2.33. The van der Waals surface area contributed by atoms with Gasteiger partial charge in [-0.05, 0) is 54.8 Å². The molecule has 0 N–H and O–H groups in total. The lowest BCUT2D eigenvalue weighted by Gasteiger charge is -2.12. The first-order valence-electron chi connectivity index (χ1n) is 8.70. The summed E-state index contributed by atoms with van der Waals surface area (Å²) in [6.07, 6.45) is 7.62. The number of thiazole rings is 1. The van der Waals surface area contributed by atoms with Gasteiger partial charge in [-0.15, -0.1) is 11.3 Å². The van der Waals surface area contributed by atoms with Crippen molar-refractivity contribution in [2.45, 2.75) is 23.8 Å². The standard InChI is InChI=1S/C20H16FN3OS2/c1-23-15-5-2-13(21)11-16(15)26-20(23)18-19(25)24(14-3-4-14)17(27-18)10-12-6-8-22-9-7-12/h2,5-11,14H,3-4H2,1H3/b17-10-,20-18+. The molecule has 27 heavy (non-hydrogen) atoms. The fourth-order valence-corrected chi connectivity index (χ4v) is 5.75. The monoisotopic (exact) mass is 397 g/mol. The highest BCUT2D eigenvalue weighted by molar-refractivity contribution is 8.08. The Bertz CT molecular complexity index is 1210. The molecule has 4 nitrogen and oxygen atoms in total. The van der Waals surface area contributed by atoms with E-state index in [0.29, 0.717) is 4.53 Å². The molecule has 0 unspecified atom stereocenters. The van der Waals surface area contributed by atoms with E-state index in [1.165, 1.54) is 35.2 Å². The number of thioether (sulfide) groups is 1. The van der Waals surface area contributed by atoms with Crippen LogP contribution >= 0.6 is 23.1 Å². The maximum absolute atomic E-state index is 13.6. The van der Waals surface area contributed by atoms with E-state index in [2.05, 4.69) is 4.98 Å². The molecule has 3 aromatic rings. The summed E-state index contributed by atoms with van der Waals surface area (Å²) in [6, 6.07) is 8.90. The Balaban J connectivity index is 1.73. The van der Waals surface area contributed by atoms with Crippen molar-refractivity contribution in [2.75, 3.05) is 11.9 Å². The fourth-order valence-electron chi connectivity index (χ4n) is 3.25. The van der Waals surface area contributed by atoms with Gasteiger partial charge in [-0.1, -0.05) is 11.8 Å². The van der Waals surface area contributed by atoms with Crippen LogP contribution in [0.3, 0.4) is 0 Å². The summed E-state index contributed by atoms with van der Waals surface area (Å²) < 4.78 is 17.2. The summed E-state index contributed by atoms with van der Waals surface area (Å²) in [7, 11) is 1.93. The van der Waals surface area contributed by atoms with Gasteiger partial charge in [-0.25, -0.2) is 4.39 Å². The molecule has 3 heterocycles. The Labute approximate surface area is 163 Å². The minimum atomic E-state index is -0.260. The zero-order valence-electron chi connectivity index (χ0n) is 14.6. The second kappa shape index (κ2) is 6.35. The summed E-state index contributed by atoms with van der Waals surface area (Å²) in [4.78, 5) is 20.1. The van der Waals surface area contributed by atoms with Gasteiger partial charge >= 0.3 is 0 Å². The highest BCUT2D eigenvalue weighted by atomic mass is 32.2. The van der Waals surface area contributed by atoms with Gasteiger partial charge in [-0.3, -0.25) is 14.3 Å². The minimum absolute atomic E-state index is 0.0467. The highest BCUT2D eigenvalue weighted by Gasteiger charge is 2.29. The van der Waals surface area contributed by atoms with E-state index >= 15 is 0 Å². The average Bonchev–Trinajstić information content (AvgIpc) is 3.38. The van der Waals surface area contributed by atoms with E-state index < -0.39 is 0 Å². The molecule has 1 saturated carbocycles. The molecule has 2 aliphatic rings. The SMILES string of the molecule is CN1/C(=c2\s/c(=C\c3ccncc3)n(C3CC3)c2=O)Sc2cc(F)ccc21. The first-order valence-corrected chi connectivity index (χ1v) is 10.3. The van der Waals surface area contributed by atoms with Gasteiger partial charge < -0.3 is 4.90 Å². The third kappa shape index (κ3) is 2.91. The van der Waals surface area contributed by atoms with Crippen LogP contribution in [0.2, 0.25) is 0 Å². The van der Waals surface area contributed by atoms with Crippen LogP contribution in [-0.4, -0.2) is 16.6 Å². The predicted octanol–water partition coefficient (Wildman–Crippen LogP) is 2.92. The van der Waals surface area contributed by atoms with E-state index in [0.717, 1.165) is 38.7 Å². The van der Waals surface area contributed by atoms with Crippen LogP contribution < -0.4 is 19.7 Å². The smallest absolute Gasteiger partial charge is 0.272 e. The molecule has 7 heteroatoms. The lowest BCUT2D eigenvalue weighted by molar-refractivity contribution is 0.624. The van der Waals surface area contributed by atoms with Crippen LogP contribution in [0.25, 0.3) is 11.1 Å². The molecule has 1 fully saturated rings. The Kier molecular flexibility index (Phi) is 3.94. The molecular formula is C20H16FN3OS2. The zero-order valence-corrected chi connectivity index (χ0v) is 16.2. The summed E-state index contributed by atoms with van der Waals surface area (Å²) in [5, 5.41) is 0.870. The maximum Gasteiger partial charge on any atom is 0.272 e. The van der Waals surface area contributed by atoms with Crippen molar-refractivity contribution < 1.29 is 4.39 Å². The molecule has 0 spiro atoms. The summed E-state index contributed by atoms with van der Waals surface area (Å²) in [5.41, 5.74) is 2.00. The van der Waals surface area contributed by atoms with Crippen molar-refractivity contribution in [3.63, 3.8) is 0 Å². The largest absolute Gasteiger partial charge is 0.337 e. The van der Waals surface area contributed by atoms with Crippen LogP contribution in [0.1, 0.15) is 24.4 Å². The van der Waals surface area contributed by atoms with E-state index in [4.69, 9.17) is 0 Å². The van der Waals surface area contributed by atoms with Crippen molar-refractivity contribution in [1.82, 2.24) is 9.55 Å². The van der Waals surface area contributed by atoms with Crippen LogP contribution in [0.15, 0.2) is 52.4 Å². The molecular weight excluding hydrogens is 381 g/mol. The Morgan fingerprint density at radius 2 is 2.00 bits per heavy atom. The van der Waals surface area contributed by atoms with Gasteiger partial charge in [0, 0.05) is 30.4 Å². The molecule has 1 aromatic carbocycles. The minimum Gasteiger partial charge on any atom is -0.337 e. The van der Waals surface area contributed by atoms with Crippen LogP contribution in [-0.2, 0) is 0 Å². The molecule has 0 amide bonds. The van der Waals surface area contributed by atoms with Crippen LogP contribution in [0.5, 0.6) is 0 Å². The van der Waals surface area contributed by atoms with Crippen molar-refractivity contribution >= 4 is 39.9 Å². The molecule has 0 atom stereocenters. The first-order chi connectivity index (χ1) is 13.1.